The Bertz CT molecular complexity index is 4220. The van der Waals surface area contributed by atoms with E-state index in [9.17, 15) is 28.8 Å². The van der Waals surface area contributed by atoms with Crippen molar-refractivity contribution in [3.8, 4) is 57.1 Å². The summed E-state index contributed by atoms with van der Waals surface area (Å²) < 4.78 is 42.6. The molecule has 0 amide bonds. The third-order valence-electron chi connectivity index (χ3n) is 14.0. The summed E-state index contributed by atoms with van der Waals surface area (Å²) in [5.74, 6) is 2.50. The van der Waals surface area contributed by atoms with Crippen LogP contribution < -0.4 is 37.9 Å². The number of aromatic nitrogens is 1. The van der Waals surface area contributed by atoms with Crippen LogP contribution in [0.4, 0.5) is 0 Å². The molecule has 0 aliphatic rings. The average molecular weight is 1260 g/mol. The molecule has 0 saturated carbocycles. The van der Waals surface area contributed by atoms with Crippen LogP contribution >= 0.6 is 0 Å². The lowest BCUT2D eigenvalue weighted by Gasteiger charge is -2.08. The number of ketones is 2. The highest BCUT2D eigenvalue weighted by molar-refractivity contribution is 6.11. The van der Waals surface area contributed by atoms with Crippen molar-refractivity contribution in [2.24, 2.45) is 0 Å². The van der Waals surface area contributed by atoms with Crippen LogP contribution in [0.2, 0.25) is 0 Å². The maximum atomic E-state index is 12.8. The minimum absolute atomic E-state index is 0.0763. The van der Waals surface area contributed by atoms with Gasteiger partial charge in [0, 0.05) is 22.9 Å². The van der Waals surface area contributed by atoms with Crippen molar-refractivity contribution in [1.29, 1.82) is 0 Å². The van der Waals surface area contributed by atoms with Gasteiger partial charge in [0.25, 0.3) is 0 Å². The number of nitrogens with zero attached hydrogens (tertiary/aromatic N) is 1. The fourth-order valence-electron chi connectivity index (χ4n) is 8.98. The molecule has 0 aliphatic heterocycles. The number of hydrogen-bond acceptors (Lipinski definition) is 15. The van der Waals surface area contributed by atoms with Crippen LogP contribution in [0.1, 0.15) is 112 Å². The lowest BCUT2D eigenvalue weighted by molar-refractivity contribution is 0.0724. The number of hydrogen-bond donors (Lipinski definition) is 0. The molecule has 0 saturated heterocycles. The van der Waals surface area contributed by atoms with Crippen molar-refractivity contribution in [3.63, 3.8) is 0 Å². The largest absolute Gasteiger partial charge is 0.497 e. The fourth-order valence-corrected chi connectivity index (χ4v) is 8.98. The molecule has 0 atom stereocenters. The van der Waals surface area contributed by atoms with E-state index in [-0.39, 0.29) is 17.3 Å². The number of benzene rings is 10. The summed E-state index contributed by atoms with van der Waals surface area (Å²) >= 11 is 0. The molecule has 15 heteroatoms. The van der Waals surface area contributed by atoms with Crippen LogP contribution in [0.5, 0.6) is 46.0 Å². The lowest BCUT2D eigenvalue weighted by Crippen LogP contribution is -2.10. The quantitative estimate of drug-likeness (QED) is 0.0422. The second-order valence-electron chi connectivity index (χ2n) is 20.5. The van der Waals surface area contributed by atoms with E-state index in [2.05, 4.69) is 4.98 Å². The summed E-state index contributed by atoms with van der Waals surface area (Å²) in [6.45, 7) is 12.9. The average Bonchev–Trinajstić information content (AvgIpc) is 0.930. The first-order valence-corrected chi connectivity index (χ1v) is 30.2. The fraction of sp³-hybridized carbons (Fsp3) is 0.127. The molecule has 10 aromatic carbocycles. The Morgan fingerprint density at radius 2 is 0.606 bits per heavy atom. The number of pyridine rings is 1. The highest BCUT2D eigenvalue weighted by Gasteiger charge is 2.17. The molecule has 0 N–H and O–H groups in total. The van der Waals surface area contributed by atoms with Gasteiger partial charge in [-0.1, -0.05) is 104 Å². The molecular weight excluding hydrogens is 1190 g/mol. The van der Waals surface area contributed by atoms with E-state index in [1.807, 2.05) is 108 Å². The smallest absolute Gasteiger partial charge is 0.345 e. The lowest BCUT2D eigenvalue weighted by atomic mass is 9.99. The number of fused-ring (bicyclic) bond motifs is 1. The van der Waals surface area contributed by atoms with Crippen molar-refractivity contribution in [2.45, 2.75) is 41.5 Å². The van der Waals surface area contributed by atoms with Crippen LogP contribution in [0.3, 0.4) is 0 Å². The molecule has 94 heavy (non-hydrogen) atoms. The topological polar surface area (TPSA) is 189 Å². The monoisotopic (exact) mass is 1260 g/mol. The van der Waals surface area contributed by atoms with Gasteiger partial charge in [0.05, 0.1) is 49.7 Å². The van der Waals surface area contributed by atoms with E-state index >= 15 is 0 Å². The van der Waals surface area contributed by atoms with Gasteiger partial charge in [-0.2, -0.15) is 0 Å². The summed E-state index contributed by atoms with van der Waals surface area (Å²) in [7, 11) is 3.16. The van der Waals surface area contributed by atoms with Crippen molar-refractivity contribution in [1.82, 2.24) is 4.98 Å². The SMILES string of the molecule is CC.CCOc1ccc(OC(=O)c2ccc(-c3ccc(C(=O)Oc4ccc(OCC)cc4)cc3)cc2)cc1.COc1ccc(OC(=O)c2ccc3cc(C(=O)c4ccc(OC)cc4)ccc3c2)cc1.Cc1ccc(OC(=O)c2ccc(C(=O)c3ccc(C)cc3)nc2)cc1. The van der Waals surface area contributed by atoms with Crippen molar-refractivity contribution >= 4 is 46.2 Å². The van der Waals surface area contributed by atoms with E-state index in [0.717, 1.165) is 44.5 Å². The van der Waals surface area contributed by atoms with Gasteiger partial charge in [-0.05, 0) is 213 Å². The summed E-state index contributed by atoms with van der Waals surface area (Å²) in [4.78, 5) is 78.9. The first-order valence-electron chi connectivity index (χ1n) is 30.2. The number of ether oxygens (including phenoxy) is 8. The Morgan fingerprint density at radius 1 is 0.309 bits per heavy atom. The van der Waals surface area contributed by atoms with E-state index in [4.69, 9.17) is 37.9 Å². The van der Waals surface area contributed by atoms with Gasteiger partial charge in [0.15, 0.2) is 5.78 Å². The molecule has 11 rings (SSSR count). The van der Waals surface area contributed by atoms with E-state index < -0.39 is 23.9 Å². The first kappa shape index (κ1) is 68.0. The third-order valence-corrected chi connectivity index (χ3v) is 14.0. The minimum atomic E-state index is -0.509. The Labute approximate surface area is 546 Å². The van der Waals surface area contributed by atoms with E-state index in [1.165, 1.54) is 12.3 Å². The Morgan fingerprint density at radius 3 is 1.01 bits per heavy atom. The molecule has 15 nitrogen and oxygen atoms in total. The number of methoxy groups -OCH3 is 2. The van der Waals surface area contributed by atoms with Crippen LogP contribution in [0.15, 0.2) is 249 Å². The summed E-state index contributed by atoms with van der Waals surface area (Å²) in [6, 6.07) is 70.0. The maximum Gasteiger partial charge on any atom is 0.345 e. The van der Waals surface area contributed by atoms with Crippen molar-refractivity contribution in [2.75, 3.05) is 27.4 Å². The molecule has 1 heterocycles. The van der Waals surface area contributed by atoms with Crippen molar-refractivity contribution < 1.29 is 66.7 Å². The Kier molecular flexibility index (Phi) is 24.4. The molecule has 0 unspecified atom stereocenters. The Balaban J connectivity index is 0.000000181. The minimum Gasteiger partial charge on any atom is -0.497 e. The summed E-state index contributed by atoms with van der Waals surface area (Å²) in [5.41, 5.74) is 7.57. The van der Waals surface area contributed by atoms with E-state index in [0.29, 0.717) is 86.7 Å². The van der Waals surface area contributed by atoms with Gasteiger partial charge >= 0.3 is 23.9 Å². The standard InChI is InChI=1S/C30H26O6.C26H20O5.C21H17NO3.C2H6/c1-3-33-25-13-17-27(18-14-25)35-29(31)23-9-5-21(6-10-23)22-7-11-24(12-8-22)30(32)36-28-19-15-26(16-20-28)34-4-2;1-29-22-9-7-17(8-10-22)25(27)20-5-3-19-16-21(6-4-18(19)15-20)26(28)31-24-13-11-23(30-2)12-14-24;1-14-3-7-16(8-4-14)20(23)19-12-9-17(13-22-19)21(24)25-18-10-5-15(2)6-11-18;1-2/h5-20H,3-4H2,1-2H3;3-16H,1-2H3;3-13H,1-2H3;1-2H3. The summed E-state index contributed by atoms with van der Waals surface area (Å²) in [6.07, 6.45) is 1.36. The molecule has 0 aliphatic carbocycles. The van der Waals surface area contributed by atoms with Crippen LogP contribution in [-0.2, 0) is 0 Å². The highest BCUT2D eigenvalue weighted by Crippen LogP contribution is 2.27. The number of esters is 4. The van der Waals surface area contributed by atoms with Crippen LogP contribution in [0.25, 0.3) is 21.9 Å². The molecule has 1 aromatic heterocycles. The van der Waals surface area contributed by atoms with Crippen molar-refractivity contribution in [3.05, 3.63) is 305 Å². The van der Waals surface area contributed by atoms with Gasteiger partial charge in [0.1, 0.15) is 51.7 Å². The Hall–Kier alpha value is -12.0. The number of aryl methyl sites for hydroxylation is 2. The van der Waals surface area contributed by atoms with Gasteiger partial charge in [-0.25, -0.2) is 19.2 Å². The zero-order valence-electron chi connectivity index (χ0n) is 53.2. The normalized spacial score (nSPS) is 10.3. The molecule has 11 aromatic rings. The molecule has 0 radical (unpaired) electrons. The second kappa shape index (κ2) is 33.7. The number of rotatable bonds is 19. The highest BCUT2D eigenvalue weighted by atomic mass is 16.5. The molecule has 0 spiro atoms. The van der Waals surface area contributed by atoms with Gasteiger partial charge in [0.2, 0.25) is 5.78 Å². The predicted octanol–water partition coefficient (Wildman–Crippen LogP) is 17.1. The zero-order valence-corrected chi connectivity index (χ0v) is 53.2. The molecule has 0 bridgehead atoms. The second-order valence-corrected chi connectivity index (χ2v) is 20.5. The van der Waals surface area contributed by atoms with Crippen LogP contribution in [-0.4, -0.2) is 67.9 Å². The number of carbonyl (C=O) groups excluding carboxylic acids is 6. The first-order chi connectivity index (χ1) is 45.6. The molecule has 474 valence electrons. The summed E-state index contributed by atoms with van der Waals surface area (Å²) in [5, 5.41) is 1.70. The predicted molar refractivity (Wildman–Crippen MR) is 362 cm³/mol. The van der Waals surface area contributed by atoms with Gasteiger partial charge < -0.3 is 37.9 Å². The zero-order chi connectivity index (χ0) is 66.9. The van der Waals surface area contributed by atoms with E-state index in [1.54, 1.807) is 184 Å². The molecular formula is C79H69NO14. The third kappa shape index (κ3) is 19.0. The maximum absolute atomic E-state index is 12.8. The van der Waals surface area contributed by atoms with Gasteiger partial charge in [-0.15, -0.1) is 0 Å². The number of carbonyl (C=O) groups is 6. The van der Waals surface area contributed by atoms with Crippen LogP contribution in [0, 0.1) is 13.8 Å². The van der Waals surface area contributed by atoms with Gasteiger partial charge in [-0.3, -0.25) is 14.6 Å². The molecule has 0 fully saturated rings.